The van der Waals surface area contributed by atoms with E-state index < -0.39 is 0 Å². The highest BCUT2D eigenvalue weighted by Gasteiger charge is 2.11. The average Bonchev–Trinajstić information content (AvgIpc) is 3.23. The van der Waals surface area contributed by atoms with Gasteiger partial charge in [-0.15, -0.1) is 0 Å². The second kappa shape index (κ2) is 9.75. The number of carbonyl (C=O) groups is 1. The van der Waals surface area contributed by atoms with Gasteiger partial charge in [-0.25, -0.2) is 4.98 Å². The number of oxazole rings is 1. The molecule has 4 rings (SSSR count). The van der Waals surface area contributed by atoms with Gasteiger partial charge in [0.05, 0.1) is 0 Å². The van der Waals surface area contributed by atoms with E-state index in [1.807, 2.05) is 49.4 Å². The van der Waals surface area contributed by atoms with E-state index in [0.717, 1.165) is 22.4 Å². The van der Waals surface area contributed by atoms with Gasteiger partial charge >= 0.3 is 0 Å². The first kappa shape index (κ1) is 22.4. The number of rotatable bonds is 5. The van der Waals surface area contributed by atoms with Crippen LogP contribution >= 0.6 is 12.2 Å². The van der Waals surface area contributed by atoms with Gasteiger partial charge in [0.25, 0.3) is 0 Å². The van der Waals surface area contributed by atoms with Crippen molar-refractivity contribution in [3.8, 4) is 11.5 Å². The number of hydrogen-bond donors (Lipinski definition) is 2. The molecule has 0 aliphatic heterocycles. The van der Waals surface area contributed by atoms with Crippen LogP contribution in [0.15, 0.2) is 71.3 Å². The highest BCUT2D eigenvalue weighted by atomic mass is 32.1. The molecule has 2 N–H and O–H groups in total. The van der Waals surface area contributed by atoms with Gasteiger partial charge in [-0.1, -0.05) is 38.1 Å². The summed E-state index contributed by atoms with van der Waals surface area (Å²) in [5, 5.41) is 5.97. The van der Waals surface area contributed by atoms with Crippen molar-refractivity contribution < 1.29 is 9.21 Å². The topological polar surface area (TPSA) is 80.1 Å². The number of nitrogens with one attached hydrogen (secondary N) is 2. The van der Waals surface area contributed by atoms with Crippen LogP contribution in [0.5, 0.6) is 0 Å². The maximum atomic E-state index is 12.2. The Kier molecular flexibility index (Phi) is 6.60. The number of carbonyl (C=O) groups excluding carboxylic acids is 1. The predicted octanol–water partition coefficient (Wildman–Crippen LogP) is 5.85. The van der Waals surface area contributed by atoms with Crippen LogP contribution in [0.25, 0.3) is 28.8 Å². The highest BCUT2D eigenvalue weighted by Crippen LogP contribution is 2.26. The zero-order valence-corrected chi connectivity index (χ0v) is 19.4. The first-order chi connectivity index (χ1) is 15.9. The van der Waals surface area contributed by atoms with Gasteiger partial charge in [-0.2, -0.15) is 4.98 Å². The zero-order chi connectivity index (χ0) is 23.4. The fraction of sp³-hybridized carbons (Fsp3) is 0.154. The molecule has 6 nitrogen and oxygen atoms in total. The minimum absolute atomic E-state index is 0.224. The molecule has 0 spiro atoms. The largest absolute Gasteiger partial charge is 0.434 e. The van der Waals surface area contributed by atoms with Gasteiger partial charge in [-0.3, -0.25) is 10.1 Å². The molecule has 2 aromatic heterocycles. The fourth-order valence-corrected chi connectivity index (χ4v) is 3.51. The van der Waals surface area contributed by atoms with Crippen LogP contribution in [0.2, 0.25) is 0 Å². The average molecular weight is 457 g/mol. The Bertz CT molecular complexity index is 1310. The molecule has 0 radical (unpaired) electrons. The minimum atomic E-state index is -0.298. The van der Waals surface area contributed by atoms with Crippen LogP contribution < -0.4 is 10.6 Å². The molecule has 0 saturated carbocycles. The summed E-state index contributed by atoms with van der Waals surface area (Å²) in [5.74, 6) is 0.675. The number of hydrogen-bond acceptors (Lipinski definition) is 5. The van der Waals surface area contributed by atoms with Crippen molar-refractivity contribution in [3.05, 3.63) is 83.6 Å². The molecule has 0 unspecified atom stereocenters. The van der Waals surface area contributed by atoms with Crippen molar-refractivity contribution in [2.45, 2.75) is 26.7 Å². The molecule has 4 aromatic rings. The molecule has 2 aromatic carbocycles. The summed E-state index contributed by atoms with van der Waals surface area (Å²) in [6.45, 7) is 6.24. The predicted molar refractivity (Wildman–Crippen MR) is 136 cm³/mol. The van der Waals surface area contributed by atoms with Gasteiger partial charge in [0, 0.05) is 23.5 Å². The lowest BCUT2D eigenvalue weighted by Gasteiger charge is -2.11. The van der Waals surface area contributed by atoms with Gasteiger partial charge < -0.3 is 9.73 Å². The summed E-state index contributed by atoms with van der Waals surface area (Å²) < 4.78 is 5.78. The third-order valence-corrected chi connectivity index (χ3v) is 5.36. The molecule has 166 valence electrons. The lowest BCUT2D eigenvalue weighted by Crippen LogP contribution is -2.33. The smallest absolute Gasteiger partial charge is 0.250 e. The summed E-state index contributed by atoms with van der Waals surface area (Å²) in [6.07, 6.45) is 4.91. The SMILES string of the molecule is Cc1cc(-c2nc3ncccc3o2)ccc1NC(=S)NC(=O)/C=C/c1ccc(C(C)C)cc1. The van der Waals surface area contributed by atoms with Crippen molar-refractivity contribution in [1.82, 2.24) is 15.3 Å². The van der Waals surface area contributed by atoms with Crippen molar-refractivity contribution >= 4 is 46.2 Å². The maximum Gasteiger partial charge on any atom is 0.250 e. The second-order valence-corrected chi connectivity index (χ2v) is 8.38. The Morgan fingerprint density at radius 2 is 1.91 bits per heavy atom. The summed E-state index contributed by atoms with van der Waals surface area (Å²) in [7, 11) is 0. The Balaban J connectivity index is 1.37. The third kappa shape index (κ3) is 5.51. The molecule has 0 fully saturated rings. The van der Waals surface area contributed by atoms with Crippen LogP contribution in [0.3, 0.4) is 0 Å². The number of anilines is 1. The lowest BCUT2D eigenvalue weighted by atomic mass is 10.0. The highest BCUT2D eigenvalue weighted by molar-refractivity contribution is 7.80. The zero-order valence-electron chi connectivity index (χ0n) is 18.6. The van der Waals surface area contributed by atoms with Crippen molar-refractivity contribution in [2.24, 2.45) is 0 Å². The normalized spacial score (nSPS) is 11.3. The Labute approximate surface area is 197 Å². The fourth-order valence-electron chi connectivity index (χ4n) is 3.30. The van der Waals surface area contributed by atoms with E-state index in [9.17, 15) is 4.79 Å². The van der Waals surface area contributed by atoms with Gasteiger partial charge in [0.1, 0.15) is 0 Å². The van der Waals surface area contributed by atoms with Crippen molar-refractivity contribution in [3.63, 3.8) is 0 Å². The maximum absolute atomic E-state index is 12.2. The van der Waals surface area contributed by atoms with E-state index in [1.165, 1.54) is 11.6 Å². The van der Waals surface area contributed by atoms with Gasteiger partial charge in [0.15, 0.2) is 16.3 Å². The molecule has 7 heteroatoms. The number of pyridine rings is 1. The molecule has 0 aliphatic rings. The molecular weight excluding hydrogens is 432 g/mol. The first-order valence-electron chi connectivity index (χ1n) is 10.6. The Morgan fingerprint density at radius 3 is 2.61 bits per heavy atom. The van der Waals surface area contributed by atoms with Crippen LogP contribution in [0.1, 0.15) is 36.5 Å². The standard InChI is InChI=1S/C26H24N4O2S/c1-16(2)19-9-6-18(7-10-19)8-13-23(31)29-26(33)28-21-12-11-20(15-17(21)3)25-30-24-22(32-25)5-4-14-27-24/h4-16H,1-3H3,(H2,28,29,31,33)/b13-8+. The molecule has 33 heavy (non-hydrogen) atoms. The minimum Gasteiger partial charge on any atom is -0.434 e. The van der Waals surface area contributed by atoms with Crippen LogP contribution in [-0.4, -0.2) is 21.0 Å². The lowest BCUT2D eigenvalue weighted by molar-refractivity contribution is -0.115. The number of nitrogens with zero attached hydrogens (tertiary/aromatic N) is 2. The molecule has 0 bridgehead atoms. The Morgan fingerprint density at radius 1 is 1.12 bits per heavy atom. The molecular formula is C26H24N4O2S. The van der Waals surface area contributed by atoms with Crippen molar-refractivity contribution in [1.29, 1.82) is 0 Å². The van der Waals surface area contributed by atoms with Crippen molar-refractivity contribution in [2.75, 3.05) is 5.32 Å². The van der Waals surface area contributed by atoms with Gasteiger partial charge in [-0.05, 0) is 78.2 Å². The van der Waals surface area contributed by atoms with Gasteiger partial charge in [0.2, 0.25) is 11.8 Å². The number of amides is 1. The summed E-state index contributed by atoms with van der Waals surface area (Å²) in [4.78, 5) is 20.9. The molecule has 2 heterocycles. The van der Waals surface area contributed by atoms with Crippen LogP contribution in [0.4, 0.5) is 5.69 Å². The molecule has 0 aliphatic carbocycles. The number of benzene rings is 2. The third-order valence-electron chi connectivity index (χ3n) is 5.15. The second-order valence-electron chi connectivity index (χ2n) is 7.97. The van der Waals surface area contributed by atoms with E-state index in [0.29, 0.717) is 23.0 Å². The molecule has 0 saturated heterocycles. The molecule has 1 amide bonds. The van der Waals surface area contributed by atoms with E-state index in [-0.39, 0.29) is 11.0 Å². The van der Waals surface area contributed by atoms with E-state index >= 15 is 0 Å². The molecule has 0 atom stereocenters. The first-order valence-corrected chi connectivity index (χ1v) is 11.0. The van der Waals surface area contributed by atoms with E-state index in [1.54, 1.807) is 12.3 Å². The van der Waals surface area contributed by atoms with E-state index in [2.05, 4.69) is 46.6 Å². The number of aromatic nitrogens is 2. The Hall–Kier alpha value is -3.84. The van der Waals surface area contributed by atoms with Crippen LogP contribution in [-0.2, 0) is 4.79 Å². The number of fused-ring (bicyclic) bond motifs is 1. The number of thiocarbonyl (C=S) groups is 1. The monoisotopic (exact) mass is 456 g/mol. The summed E-state index contributed by atoms with van der Waals surface area (Å²) >= 11 is 5.30. The summed E-state index contributed by atoms with van der Waals surface area (Å²) in [5.41, 5.74) is 5.97. The summed E-state index contributed by atoms with van der Waals surface area (Å²) in [6, 6.07) is 17.5. The van der Waals surface area contributed by atoms with E-state index in [4.69, 9.17) is 16.6 Å². The van der Waals surface area contributed by atoms with Crippen LogP contribution in [0, 0.1) is 6.92 Å². The number of aryl methyl sites for hydroxylation is 1. The quantitative estimate of drug-likeness (QED) is 0.290.